The van der Waals surface area contributed by atoms with Gasteiger partial charge in [0.2, 0.25) is 5.91 Å². The second-order valence-electron chi connectivity index (χ2n) is 6.21. The summed E-state index contributed by atoms with van der Waals surface area (Å²) >= 11 is 1.26. The molecule has 2 atom stereocenters. The number of hydrogen-bond acceptors (Lipinski definition) is 6. The van der Waals surface area contributed by atoms with Crippen molar-refractivity contribution in [2.24, 2.45) is 13.0 Å². The number of piperidine rings is 1. The summed E-state index contributed by atoms with van der Waals surface area (Å²) in [5, 5.41) is 0.130. The van der Waals surface area contributed by atoms with Crippen molar-refractivity contribution in [3.05, 3.63) is 22.1 Å². The molecule has 0 bridgehead atoms. The van der Waals surface area contributed by atoms with E-state index in [1.54, 1.807) is 32.7 Å². The number of ether oxygens (including phenoxy) is 1. The van der Waals surface area contributed by atoms with Crippen molar-refractivity contribution in [3.8, 4) is 0 Å². The van der Waals surface area contributed by atoms with Crippen LogP contribution in [0.5, 0.6) is 0 Å². The number of carbonyl (C=O) groups is 2. The minimum Gasteiger partial charge on any atom is -0.466 e. The monoisotopic (exact) mass is 367 g/mol. The Bertz CT molecular complexity index is 704. The number of amides is 1. The summed E-state index contributed by atoms with van der Waals surface area (Å²) in [7, 11) is 1.64. The predicted molar refractivity (Wildman–Crippen MR) is 95.5 cm³/mol. The molecule has 1 saturated heterocycles. The first-order valence-corrected chi connectivity index (χ1v) is 9.38. The minimum absolute atomic E-state index is 0.0465. The lowest BCUT2D eigenvalue weighted by atomic mass is 9.98. The average molecular weight is 367 g/mol. The summed E-state index contributed by atoms with van der Waals surface area (Å²) in [6.07, 6.45) is 1.53. The molecule has 7 nitrogen and oxygen atoms in total. The SMILES string of the molecule is CCOC(=O)C1CCCN(C(=O)C(C)Sc2nc(C)cc(=O)n2C)C1. The van der Waals surface area contributed by atoms with E-state index < -0.39 is 0 Å². The van der Waals surface area contributed by atoms with Crippen molar-refractivity contribution < 1.29 is 14.3 Å². The van der Waals surface area contributed by atoms with Gasteiger partial charge in [-0.3, -0.25) is 19.0 Å². The zero-order chi connectivity index (χ0) is 18.6. The van der Waals surface area contributed by atoms with Gasteiger partial charge >= 0.3 is 5.97 Å². The zero-order valence-electron chi connectivity index (χ0n) is 15.2. The maximum atomic E-state index is 12.7. The molecule has 1 amide bonds. The first-order chi connectivity index (χ1) is 11.8. The van der Waals surface area contributed by atoms with E-state index in [1.165, 1.54) is 22.4 Å². The summed E-state index contributed by atoms with van der Waals surface area (Å²) in [6.45, 7) is 6.72. The topological polar surface area (TPSA) is 81.5 Å². The Balaban J connectivity index is 2.04. The number of carbonyl (C=O) groups excluding carboxylic acids is 2. The van der Waals surface area contributed by atoms with Crippen LogP contribution in [0.2, 0.25) is 0 Å². The number of rotatable bonds is 5. The molecule has 1 aromatic rings. The number of aryl methyl sites for hydroxylation is 1. The van der Waals surface area contributed by atoms with Crippen molar-refractivity contribution in [1.82, 2.24) is 14.5 Å². The molecule has 2 rings (SSSR count). The van der Waals surface area contributed by atoms with Gasteiger partial charge in [0.1, 0.15) is 0 Å². The lowest BCUT2D eigenvalue weighted by Gasteiger charge is -2.33. The molecule has 1 fully saturated rings. The van der Waals surface area contributed by atoms with Gasteiger partial charge in [-0.15, -0.1) is 0 Å². The highest BCUT2D eigenvalue weighted by Crippen LogP contribution is 2.25. The van der Waals surface area contributed by atoms with Gasteiger partial charge in [-0.05, 0) is 33.6 Å². The Morgan fingerprint density at radius 3 is 2.88 bits per heavy atom. The first-order valence-electron chi connectivity index (χ1n) is 8.50. The molecule has 0 saturated carbocycles. The molecule has 0 aromatic carbocycles. The first kappa shape index (κ1) is 19.5. The van der Waals surface area contributed by atoms with Gasteiger partial charge in [0, 0.05) is 31.9 Å². The van der Waals surface area contributed by atoms with Gasteiger partial charge in [0.25, 0.3) is 5.56 Å². The van der Waals surface area contributed by atoms with Gasteiger partial charge in [0.15, 0.2) is 5.16 Å². The smallest absolute Gasteiger partial charge is 0.310 e. The van der Waals surface area contributed by atoms with Crippen LogP contribution in [-0.2, 0) is 21.4 Å². The minimum atomic E-state index is -0.388. The number of esters is 1. The van der Waals surface area contributed by atoms with Crippen LogP contribution in [0, 0.1) is 12.8 Å². The van der Waals surface area contributed by atoms with Crippen LogP contribution in [0.3, 0.4) is 0 Å². The molecule has 0 aliphatic carbocycles. The Labute approximate surface area is 151 Å². The molecule has 0 N–H and O–H groups in total. The highest BCUT2D eigenvalue weighted by atomic mass is 32.2. The number of aromatic nitrogens is 2. The van der Waals surface area contributed by atoms with Crippen molar-refractivity contribution >= 4 is 23.6 Å². The number of thioether (sulfide) groups is 1. The van der Waals surface area contributed by atoms with Crippen molar-refractivity contribution in [3.63, 3.8) is 0 Å². The maximum Gasteiger partial charge on any atom is 0.310 e. The van der Waals surface area contributed by atoms with E-state index in [1.807, 2.05) is 0 Å². The molecule has 2 unspecified atom stereocenters. The van der Waals surface area contributed by atoms with Crippen LogP contribution in [0.25, 0.3) is 0 Å². The highest BCUT2D eigenvalue weighted by molar-refractivity contribution is 8.00. The summed E-state index contributed by atoms with van der Waals surface area (Å²) in [5.74, 6) is -0.533. The van der Waals surface area contributed by atoms with Crippen LogP contribution in [0.4, 0.5) is 0 Å². The van der Waals surface area contributed by atoms with Crippen molar-refractivity contribution in [2.75, 3.05) is 19.7 Å². The van der Waals surface area contributed by atoms with E-state index in [9.17, 15) is 14.4 Å². The van der Waals surface area contributed by atoms with Crippen LogP contribution >= 0.6 is 11.8 Å². The molecule has 0 radical (unpaired) electrons. The summed E-state index contributed by atoms with van der Waals surface area (Å²) in [6, 6.07) is 1.46. The summed E-state index contributed by atoms with van der Waals surface area (Å²) in [4.78, 5) is 42.6. The number of likely N-dealkylation sites (tertiary alicyclic amines) is 1. The number of nitrogens with zero attached hydrogens (tertiary/aromatic N) is 3. The van der Waals surface area contributed by atoms with E-state index in [0.717, 1.165) is 12.8 Å². The zero-order valence-corrected chi connectivity index (χ0v) is 16.0. The summed E-state index contributed by atoms with van der Waals surface area (Å²) < 4.78 is 6.52. The lowest BCUT2D eigenvalue weighted by molar-refractivity contribution is -0.151. The second kappa shape index (κ2) is 8.51. The van der Waals surface area contributed by atoms with E-state index in [-0.39, 0.29) is 28.6 Å². The standard InChI is InChI=1S/C17H25N3O4S/c1-5-24-16(23)13-7-6-8-20(10-13)15(22)12(3)25-17-18-11(2)9-14(21)19(17)4/h9,12-13H,5-8,10H2,1-4H3. The third-order valence-electron chi connectivity index (χ3n) is 4.20. The largest absolute Gasteiger partial charge is 0.466 e. The fourth-order valence-corrected chi connectivity index (χ4v) is 3.84. The van der Waals surface area contributed by atoms with Crippen LogP contribution in [0.1, 0.15) is 32.4 Å². The molecule has 1 aliphatic heterocycles. The quantitative estimate of drug-likeness (QED) is 0.444. The van der Waals surface area contributed by atoms with Crippen molar-refractivity contribution in [2.45, 2.75) is 44.0 Å². The van der Waals surface area contributed by atoms with E-state index in [2.05, 4.69) is 4.98 Å². The van der Waals surface area contributed by atoms with Gasteiger partial charge in [0.05, 0.1) is 17.8 Å². The maximum absolute atomic E-state index is 12.7. The van der Waals surface area contributed by atoms with Gasteiger partial charge in [-0.25, -0.2) is 4.98 Å². The van der Waals surface area contributed by atoms with Gasteiger partial charge < -0.3 is 9.64 Å². The molecule has 1 aromatic heterocycles. The highest BCUT2D eigenvalue weighted by Gasteiger charge is 2.31. The molecule has 0 spiro atoms. The Kier molecular flexibility index (Phi) is 6.64. The average Bonchev–Trinajstić information content (AvgIpc) is 2.58. The van der Waals surface area contributed by atoms with E-state index in [4.69, 9.17) is 4.74 Å². The summed E-state index contributed by atoms with van der Waals surface area (Å²) in [5.41, 5.74) is 0.487. The van der Waals surface area contributed by atoms with Crippen LogP contribution < -0.4 is 5.56 Å². The van der Waals surface area contributed by atoms with Crippen LogP contribution in [0.15, 0.2) is 16.0 Å². The predicted octanol–water partition coefficient (Wildman–Crippen LogP) is 1.37. The van der Waals surface area contributed by atoms with Crippen molar-refractivity contribution in [1.29, 1.82) is 0 Å². The van der Waals surface area contributed by atoms with Gasteiger partial charge in [-0.1, -0.05) is 11.8 Å². The molecular formula is C17H25N3O4S. The van der Waals surface area contributed by atoms with E-state index >= 15 is 0 Å². The van der Waals surface area contributed by atoms with Crippen LogP contribution in [-0.4, -0.2) is 51.3 Å². The molecule has 138 valence electrons. The van der Waals surface area contributed by atoms with Gasteiger partial charge in [-0.2, -0.15) is 0 Å². The molecule has 25 heavy (non-hydrogen) atoms. The third-order valence-corrected chi connectivity index (χ3v) is 5.34. The lowest BCUT2D eigenvalue weighted by Crippen LogP contribution is -2.45. The normalized spacial score (nSPS) is 18.7. The number of hydrogen-bond donors (Lipinski definition) is 0. The molecule has 2 heterocycles. The Morgan fingerprint density at radius 1 is 1.48 bits per heavy atom. The second-order valence-corrected chi connectivity index (χ2v) is 7.52. The third kappa shape index (κ3) is 4.84. The fraction of sp³-hybridized carbons (Fsp3) is 0.647. The Hall–Kier alpha value is -1.83. The molecule has 8 heteroatoms. The fourth-order valence-electron chi connectivity index (χ4n) is 2.83. The van der Waals surface area contributed by atoms with E-state index in [0.29, 0.717) is 30.5 Å². The Morgan fingerprint density at radius 2 is 2.20 bits per heavy atom. The molecular weight excluding hydrogens is 342 g/mol. The molecule has 1 aliphatic rings.